The molecule has 7 heteroatoms. The fraction of sp³-hybridized carbons (Fsp3) is 0.118. The van der Waals surface area contributed by atoms with Crippen molar-refractivity contribution in [3.63, 3.8) is 0 Å². The molecule has 0 unspecified atom stereocenters. The highest BCUT2D eigenvalue weighted by molar-refractivity contribution is 6.40. The molecule has 0 saturated carbocycles. The molecule has 0 aromatic heterocycles. The van der Waals surface area contributed by atoms with Crippen molar-refractivity contribution >= 4 is 35.1 Å². The van der Waals surface area contributed by atoms with Crippen LogP contribution in [-0.2, 0) is 20.9 Å². The zero-order valence-corrected chi connectivity index (χ0v) is 13.6. The van der Waals surface area contributed by atoms with E-state index in [1.807, 2.05) is 0 Å². The smallest absolute Gasteiger partial charge is 0.339 e. The molecule has 0 aliphatic heterocycles. The maximum Gasteiger partial charge on any atom is 0.339 e. The standard InChI is InChI=1S/C17H15ClN2O4/c1-24-17(23)13-4-2-3-5-14(13)20-16(22)15(21)19-10-11-6-8-12(18)9-7-11/h2-9H,10H2,1H3,(H,19,21)(H,20,22). The number of esters is 1. The molecular formula is C17H15ClN2O4. The van der Waals surface area contributed by atoms with Crippen molar-refractivity contribution in [2.45, 2.75) is 6.54 Å². The Balaban J connectivity index is 1.98. The third-order valence-corrected chi connectivity index (χ3v) is 3.41. The summed E-state index contributed by atoms with van der Waals surface area (Å²) in [7, 11) is 1.24. The lowest BCUT2D eigenvalue weighted by Crippen LogP contribution is -2.35. The molecule has 0 aliphatic rings. The van der Waals surface area contributed by atoms with Gasteiger partial charge in [-0.25, -0.2) is 4.79 Å². The Morgan fingerprint density at radius 2 is 1.67 bits per heavy atom. The average Bonchev–Trinajstić information content (AvgIpc) is 2.60. The van der Waals surface area contributed by atoms with Crippen LogP contribution in [0.5, 0.6) is 0 Å². The van der Waals surface area contributed by atoms with Gasteiger partial charge in [0.25, 0.3) is 0 Å². The molecule has 6 nitrogen and oxygen atoms in total. The van der Waals surface area contributed by atoms with Crippen molar-refractivity contribution in [3.05, 3.63) is 64.7 Å². The largest absolute Gasteiger partial charge is 0.465 e. The number of nitrogens with one attached hydrogen (secondary N) is 2. The molecule has 0 bridgehead atoms. The van der Waals surface area contributed by atoms with Crippen LogP contribution in [0.4, 0.5) is 5.69 Å². The van der Waals surface area contributed by atoms with E-state index in [0.717, 1.165) is 5.56 Å². The predicted octanol–water partition coefficient (Wildman–Crippen LogP) is 2.38. The average molecular weight is 347 g/mol. The van der Waals surface area contributed by atoms with Crippen molar-refractivity contribution < 1.29 is 19.1 Å². The minimum Gasteiger partial charge on any atom is -0.465 e. The van der Waals surface area contributed by atoms with Crippen LogP contribution in [0, 0.1) is 0 Å². The van der Waals surface area contributed by atoms with Gasteiger partial charge in [0.2, 0.25) is 0 Å². The van der Waals surface area contributed by atoms with Crippen LogP contribution in [0.3, 0.4) is 0 Å². The Morgan fingerprint density at radius 3 is 2.33 bits per heavy atom. The van der Waals surface area contributed by atoms with Gasteiger partial charge in [-0.2, -0.15) is 0 Å². The number of halogens is 1. The second-order valence-corrected chi connectivity index (χ2v) is 5.24. The number of anilines is 1. The second-order valence-electron chi connectivity index (χ2n) is 4.80. The summed E-state index contributed by atoms with van der Waals surface area (Å²) in [5.74, 6) is -2.29. The van der Waals surface area contributed by atoms with Crippen LogP contribution in [0.15, 0.2) is 48.5 Å². The number of benzene rings is 2. The molecule has 0 spiro atoms. The number of carbonyl (C=O) groups excluding carboxylic acids is 3. The predicted molar refractivity (Wildman–Crippen MR) is 89.7 cm³/mol. The first-order valence-corrected chi connectivity index (χ1v) is 7.40. The second kappa shape index (κ2) is 8.12. The Kier molecular flexibility index (Phi) is 5.92. The summed E-state index contributed by atoms with van der Waals surface area (Å²) in [4.78, 5) is 35.5. The van der Waals surface area contributed by atoms with E-state index >= 15 is 0 Å². The summed E-state index contributed by atoms with van der Waals surface area (Å²) in [5.41, 5.74) is 1.17. The summed E-state index contributed by atoms with van der Waals surface area (Å²) in [5, 5.41) is 5.47. The molecule has 0 atom stereocenters. The SMILES string of the molecule is COC(=O)c1ccccc1NC(=O)C(=O)NCc1ccc(Cl)cc1. The van der Waals surface area contributed by atoms with Crippen molar-refractivity contribution in [2.24, 2.45) is 0 Å². The lowest BCUT2D eigenvalue weighted by molar-refractivity contribution is -0.136. The van der Waals surface area contributed by atoms with Gasteiger partial charge in [0.05, 0.1) is 18.4 Å². The highest BCUT2D eigenvalue weighted by atomic mass is 35.5. The highest BCUT2D eigenvalue weighted by Gasteiger charge is 2.17. The molecule has 0 heterocycles. The number of methoxy groups -OCH3 is 1. The molecule has 2 N–H and O–H groups in total. The highest BCUT2D eigenvalue weighted by Crippen LogP contribution is 2.16. The van der Waals surface area contributed by atoms with Crippen LogP contribution in [-0.4, -0.2) is 24.9 Å². The van der Waals surface area contributed by atoms with Crippen molar-refractivity contribution in [1.29, 1.82) is 0 Å². The van der Waals surface area contributed by atoms with Crippen LogP contribution < -0.4 is 10.6 Å². The number of carbonyl (C=O) groups is 3. The molecular weight excluding hydrogens is 332 g/mol. The zero-order chi connectivity index (χ0) is 17.5. The molecule has 0 fully saturated rings. The minimum atomic E-state index is -0.875. The van der Waals surface area contributed by atoms with Gasteiger partial charge >= 0.3 is 17.8 Å². The normalized spacial score (nSPS) is 9.92. The Bertz CT molecular complexity index is 759. The summed E-state index contributed by atoms with van der Waals surface area (Å²) >= 11 is 5.78. The van der Waals surface area contributed by atoms with Gasteiger partial charge in [-0.1, -0.05) is 35.9 Å². The third-order valence-electron chi connectivity index (χ3n) is 3.15. The summed E-state index contributed by atoms with van der Waals surface area (Å²) in [6, 6.07) is 13.1. The van der Waals surface area contributed by atoms with E-state index in [2.05, 4.69) is 15.4 Å². The Morgan fingerprint density at radius 1 is 1.00 bits per heavy atom. The monoisotopic (exact) mass is 346 g/mol. The van der Waals surface area contributed by atoms with Gasteiger partial charge in [0, 0.05) is 11.6 Å². The number of hydrogen-bond donors (Lipinski definition) is 2. The minimum absolute atomic E-state index is 0.166. The third kappa shape index (κ3) is 4.57. The van der Waals surface area contributed by atoms with Gasteiger partial charge in [-0.3, -0.25) is 9.59 Å². The van der Waals surface area contributed by atoms with Crippen LogP contribution in [0.1, 0.15) is 15.9 Å². The molecule has 0 saturated heterocycles. The molecule has 2 aromatic carbocycles. The topological polar surface area (TPSA) is 84.5 Å². The van der Waals surface area contributed by atoms with Crippen LogP contribution >= 0.6 is 11.6 Å². The molecule has 24 heavy (non-hydrogen) atoms. The van der Waals surface area contributed by atoms with E-state index in [-0.39, 0.29) is 17.8 Å². The van der Waals surface area contributed by atoms with Crippen molar-refractivity contribution in [1.82, 2.24) is 5.32 Å². The quantitative estimate of drug-likeness (QED) is 0.657. The van der Waals surface area contributed by atoms with Gasteiger partial charge in [0.15, 0.2) is 0 Å². The van der Waals surface area contributed by atoms with Gasteiger partial charge in [-0.15, -0.1) is 0 Å². The first kappa shape index (κ1) is 17.5. The maximum absolute atomic E-state index is 12.0. The lowest BCUT2D eigenvalue weighted by Gasteiger charge is -2.10. The van der Waals surface area contributed by atoms with Gasteiger partial charge in [0.1, 0.15) is 0 Å². The van der Waals surface area contributed by atoms with E-state index in [0.29, 0.717) is 5.02 Å². The number of amides is 2. The zero-order valence-electron chi connectivity index (χ0n) is 12.8. The van der Waals surface area contributed by atoms with Gasteiger partial charge < -0.3 is 15.4 Å². The number of para-hydroxylation sites is 1. The van der Waals surface area contributed by atoms with Crippen molar-refractivity contribution in [2.75, 3.05) is 12.4 Å². The van der Waals surface area contributed by atoms with E-state index in [9.17, 15) is 14.4 Å². The Hall–Kier alpha value is -2.86. The van der Waals surface area contributed by atoms with Crippen LogP contribution in [0.25, 0.3) is 0 Å². The molecule has 2 rings (SSSR count). The molecule has 0 aliphatic carbocycles. The van der Waals surface area contributed by atoms with E-state index in [4.69, 9.17) is 11.6 Å². The van der Waals surface area contributed by atoms with Crippen LogP contribution in [0.2, 0.25) is 5.02 Å². The number of rotatable bonds is 4. The molecule has 124 valence electrons. The first-order chi connectivity index (χ1) is 11.5. The fourth-order valence-corrected chi connectivity index (χ4v) is 2.05. The van der Waals surface area contributed by atoms with E-state index in [1.54, 1.807) is 36.4 Å². The summed E-state index contributed by atoms with van der Waals surface area (Å²) in [6.07, 6.45) is 0. The van der Waals surface area contributed by atoms with E-state index in [1.165, 1.54) is 19.2 Å². The first-order valence-electron chi connectivity index (χ1n) is 7.02. The van der Waals surface area contributed by atoms with Gasteiger partial charge in [-0.05, 0) is 29.8 Å². The van der Waals surface area contributed by atoms with E-state index < -0.39 is 17.8 Å². The molecule has 2 amide bonds. The summed E-state index contributed by atoms with van der Waals surface area (Å²) < 4.78 is 4.63. The lowest BCUT2D eigenvalue weighted by atomic mass is 10.2. The fourth-order valence-electron chi connectivity index (χ4n) is 1.92. The molecule has 2 aromatic rings. The number of hydrogen-bond acceptors (Lipinski definition) is 4. The number of ether oxygens (including phenoxy) is 1. The summed E-state index contributed by atoms with van der Waals surface area (Å²) in [6.45, 7) is 0.183. The molecule has 0 radical (unpaired) electrons. The Labute approximate surface area is 143 Å². The maximum atomic E-state index is 12.0. The van der Waals surface area contributed by atoms with Crippen molar-refractivity contribution in [3.8, 4) is 0 Å².